The lowest BCUT2D eigenvalue weighted by Crippen LogP contribution is -2.44. The molecular weight excluding hydrogens is 244 g/mol. The number of hydrogen-bond acceptors (Lipinski definition) is 2. The first kappa shape index (κ1) is 12.8. The summed E-state index contributed by atoms with van der Waals surface area (Å²) in [6.45, 7) is 3.77. The zero-order valence-corrected chi connectivity index (χ0v) is 11.4. The van der Waals surface area contributed by atoms with Gasteiger partial charge in [0.05, 0.1) is 5.92 Å². The molecule has 2 unspecified atom stereocenters. The van der Waals surface area contributed by atoms with Crippen LogP contribution >= 0.6 is 0 Å². The number of likely N-dealkylation sites (tertiary alicyclic amines) is 1. The second-order valence-corrected chi connectivity index (χ2v) is 6.44. The van der Waals surface area contributed by atoms with Crippen molar-refractivity contribution in [2.75, 3.05) is 19.6 Å². The molecular formula is C14H22N2O3. The van der Waals surface area contributed by atoms with E-state index in [1.165, 1.54) is 12.8 Å². The van der Waals surface area contributed by atoms with E-state index in [2.05, 4.69) is 0 Å². The second kappa shape index (κ2) is 4.69. The molecule has 0 bridgehead atoms. The summed E-state index contributed by atoms with van der Waals surface area (Å²) in [6.07, 6.45) is 4.71. The molecule has 0 aromatic heterocycles. The molecule has 19 heavy (non-hydrogen) atoms. The first-order valence-corrected chi connectivity index (χ1v) is 7.34. The van der Waals surface area contributed by atoms with Crippen molar-refractivity contribution in [1.82, 2.24) is 9.80 Å². The molecule has 2 saturated carbocycles. The molecule has 5 heteroatoms. The molecule has 1 saturated heterocycles. The van der Waals surface area contributed by atoms with Gasteiger partial charge in [0.1, 0.15) is 0 Å². The van der Waals surface area contributed by atoms with Crippen LogP contribution < -0.4 is 0 Å². The van der Waals surface area contributed by atoms with Crippen molar-refractivity contribution in [1.29, 1.82) is 0 Å². The van der Waals surface area contributed by atoms with Gasteiger partial charge in [-0.05, 0) is 37.5 Å². The molecule has 2 amide bonds. The fourth-order valence-corrected chi connectivity index (χ4v) is 2.97. The maximum atomic E-state index is 12.6. The number of carboxylic acid groups (broad SMARTS) is 1. The van der Waals surface area contributed by atoms with Gasteiger partial charge in [0, 0.05) is 25.7 Å². The zero-order valence-electron chi connectivity index (χ0n) is 11.4. The molecule has 2 aliphatic carbocycles. The molecule has 0 aromatic rings. The Morgan fingerprint density at radius 1 is 1.21 bits per heavy atom. The predicted octanol–water partition coefficient (Wildman–Crippen LogP) is 1.63. The molecule has 3 rings (SSSR count). The summed E-state index contributed by atoms with van der Waals surface area (Å²) in [5.41, 5.74) is 0. The van der Waals surface area contributed by atoms with E-state index < -0.39 is 11.9 Å². The Labute approximate surface area is 113 Å². The van der Waals surface area contributed by atoms with E-state index in [0.29, 0.717) is 25.0 Å². The van der Waals surface area contributed by atoms with Crippen molar-refractivity contribution in [2.45, 2.75) is 38.6 Å². The lowest BCUT2D eigenvalue weighted by molar-refractivity contribution is -0.142. The minimum Gasteiger partial charge on any atom is -0.481 e. The molecule has 3 fully saturated rings. The first-order valence-electron chi connectivity index (χ1n) is 7.34. The quantitative estimate of drug-likeness (QED) is 0.841. The summed E-state index contributed by atoms with van der Waals surface area (Å²) in [7, 11) is 0. The van der Waals surface area contributed by atoms with Crippen LogP contribution in [0.25, 0.3) is 0 Å². The van der Waals surface area contributed by atoms with Gasteiger partial charge in [0.2, 0.25) is 0 Å². The van der Waals surface area contributed by atoms with E-state index in [4.69, 9.17) is 5.11 Å². The standard InChI is InChI=1S/C14H22N2O3/c1-9-6-15(8-12(9)13(17)18)14(19)16(11-4-5-11)7-10-2-3-10/h9-12H,2-8H2,1H3,(H,17,18). The van der Waals surface area contributed by atoms with E-state index in [1.807, 2.05) is 11.8 Å². The number of hydrogen-bond donors (Lipinski definition) is 1. The van der Waals surface area contributed by atoms with Gasteiger partial charge in [-0.1, -0.05) is 6.92 Å². The van der Waals surface area contributed by atoms with Gasteiger partial charge < -0.3 is 14.9 Å². The van der Waals surface area contributed by atoms with Gasteiger partial charge in [-0.25, -0.2) is 4.79 Å². The van der Waals surface area contributed by atoms with Crippen LogP contribution in [-0.4, -0.2) is 52.6 Å². The Kier molecular flexibility index (Phi) is 3.15. The Morgan fingerprint density at radius 3 is 2.37 bits per heavy atom. The zero-order chi connectivity index (χ0) is 13.6. The first-order chi connectivity index (χ1) is 9.06. The summed E-state index contributed by atoms with van der Waals surface area (Å²) in [5.74, 6) is -0.419. The van der Waals surface area contributed by atoms with Gasteiger partial charge in [0.25, 0.3) is 0 Å². The maximum absolute atomic E-state index is 12.6. The van der Waals surface area contributed by atoms with Crippen LogP contribution in [0, 0.1) is 17.8 Å². The molecule has 3 aliphatic rings. The maximum Gasteiger partial charge on any atom is 0.320 e. The average molecular weight is 266 g/mol. The number of aliphatic carboxylic acids is 1. The normalized spacial score (nSPS) is 30.5. The molecule has 1 N–H and O–H groups in total. The summed E-state index contributed by atoms with van der Waals surface area (Å²) in [5, 5.41) is 9.15. The number of rotatable bonds is 4. The highest BCUT2D eigenvalue weighted by Gasteiger charge is 2.42. The fourth-order valence-electron chi connectivity index (χ4n) is 2.97. The Bertz CT molecular complexity index is 390. The van der Waals surface area contributed by atoms with E-state index in [-0.39, 0.29) is 11.9 Å². The number of nitrogens with zero attached hydrogens (tertiary/aromatic N) is 2. The van der Waals surface area contributed by atoms with Crippen LogP contribution in [0.15, 0.2) is 0 Å². The molecule has 5 nitrogen and oxygen atoms in total. The van der Waals surface area contributed by atoms with Gasteiger partial charge in [-0.2, -0.15) is 0 Å². The van der Waals surface area contributed by atoms with Crippen molar-refractivity contribution in [3.05, 3.63) is 0 Å². The lowest BCUT2D eigenvalue weighted by atomic mass is 9.99. The Balaban J connectivity index is 1.63. The molecule has 2 atom stereocenters. The molecule has 106 valence electrons. The smallest absolute Gasteiger partial charge is 0.320 e. The van der Waals surface area contributed by atoms with Gasteiger partial charge in [0.15, 0.2) is 0 Å². The third-order valence-corrected chi connectivity index (χ3v) is 4.59. The van der Waals surface area contributed by atoms with Gasteiger partial charge >= 0.3 is 12.0 Å². The van der Waals surface area contributed by atoms with E-state index in [0.717, 1.165) is 19.4 Å². The highest BCUT2D eigenvalue weighted by molar-refractivity contribution is 5.78. The molecule has 0 aromatic carbocycles. The van der Waals surface area contributed by atoms with Crippen LogP contribution in [0.1, 0.15) is 32.6 Å². The van der Waals surface area contributed by atoms with Crippen molar-refractivity contribution < 1.29 is 14.7 Å². The number of amides is 2. The number of carbonyl (C=O) groups excluding carboxylic acids is 1. The Hall–Kier alpha value is -1.26. The minimum atomic E-state index is -0.775. The van der Waals surface area contributed by atoms with Crippen LogP contribution in [0.4, 0.5) is 4.79 Å². The monoisotopic (exact) mass is 266 g/mol. The minimum absolute atomic E-state index is 0.0587. The van der Waals surface area contributed by atoms with Crippen molar-refractivity contribution >= 4 is 12.0 Å². The lowest BCUT2D eigenvalue weighted by Gasteiger charge is -2.28. The average Bonchev–Trinajstić information content (AvgIpc) is 3.24. The Morgan fingerprint density at radius 2 is 1.89 bits per heavy atom. The number of urea groups is 1. The van der Waals surface area contributed by atoms with Crippen molar-refractivity contribution in [2.24, 2.45) is 17.8 Å². The number of carboxylic acids is 1. The van der Waals surface area contributed by atoms with Crippen LogP contribution in [-0.2, 0) is 4.79 Å². The van der Waals surface area contributed by atoms with Crippen LogP contribution in [0.2, 0.25) is 0 Å². The van der Waals surface area contributed by atoms with Crippen molar-refractivity contribution in [3.8, 4) is 0 Å². The third-order valence-electron chi connectivity index (χ3n) is 4.59. The summed E-state index contributed by atoms with van der Waals surface area (Å²) < 4.78 is 0. The molecule has 0 radical (unpaired) electrons. The van der Waals surface area contributed by atoms with Gasteiger partial charge in [-0.15, -0.1) is 0 Å². The van der Waals surface area contributed by atoms with Crippen LogP contribution in [0.3, 0.4) is 0 Å². The topological polar surface area (TPSA) is 60.9 Å². The SMILES string of the molecule is CC1CN(C(=O)N(CC2CC2)C2CC2)CC1C(=O)O. The third kappa shape index (κ3) is 2.69. The summed E-state index contributed by atoms with van der Waals surface area (Å²) >= 11 is 0. The summed E-state index contributed by atoms with van der Waals surface area (Å²) in [6, 6.07) is 0.497. The molecule has 1 aliphatic heterocycles. The van der Waals surface area contributed by atoms with Gasteiger partial charge in [-0.3, -0.25) is 4.79 Å². The van der Waals surface area contributed by atoms with E-state index >= 15 is 0 Å². The number of carbonyl (C=O) groups is 2. The highest BCUT2D eigenvalue weighted by Crippen LogP contribution is 2.36. The summed E-state index contributed by atoms with van der Waals surface area (Å²) in [4.78, 5) is 27.5. The fraction of sp³-hybridized carbons (Fsp3) is 0.857. The van der Waals surface area contributed by atoms with Crippen molar-refractivity contribution in [3.63, 3.8) is 0 Å². The van der Waals surface area contributed by atoms with E-state index in [1.54, 1.807) is 4.90 Å². The molecule has 1 heterocycles. The predicted molar refractivity (Wildman–Crippen MR) is 69.7 cm³/mol. The molecule has 0 spiro atoms. The van der Waals surface area contributed by atoms with E-state index in [9.17, 15) is 9.59 Å². The largest absolute Gasteiger partial charge is 0.481 e. The second-order valence-electron chi connectivity index (χ2n) is 6.44. The van der Waals surface area contributed by atoms with Crippen LogP contribution in [0.5, 0.6) is 0 Å². The highest BCUT2D eigenvalue weighted by atomic mass is 16.4.